The smallest absolute Gasteiger partial charge is 0.326 e. The monoisotopic (exact) mass is 530 g/mol. The zero-order valence-electron chi connectivity index (χ0n) is 21.4. The van der Waals surface area contributed by atoms with Crippen molar-refractivity contribution in [1.82, 2.24) is 16.0 Å². The highest BCUT2D eigenvalue weighted by molar-refractivity contribution is 5.94. The number of nitrogens with two attached hydrogens (primary N) is 5. The highest BCUT2D eigenvalue weighted by Crippen LogP contribution is 2.08. The molecule has 0 fully saturated rings. The summed E-state index contributed by atoms with van der Waals surface area (Å²) in [4.78, 5) is 57.6. The molecule has 4 atom stereocenters. The van der Waals surface area contributed by atoms with Crippen LogP contribution in [0.25, 0.3) is 0 Å². The molecule has 16 heteroatoms. The first-order valence-corrected chi connectivity index (χ1v) is 11.9. The Hall–Kier alpha value is -3.66. The van der Waals surface area contributed by atoms with E-state index in [2.05, 4.69) is 25.9 Å². The molecule has 0 saturated heterocycles. The average Bonchev–Trinajstić information content (AvgIpc) is 2.80. The van der Waals surface area contributed by atoms with E-state index in [-0.39, 0.29) is 56.6 Å². The fourth-order valence-corrected chi connectivity index (χ4v) is 3.14. The van der Waals surface area contributed by atoms with Crippen LogP contribution in [0.4, 0.5) is 0 Å². The third-order valence-corrected chi connectivity index (χ3v) is 5.01. The van der Waals surface area contributed by atoms with Gasteiger partial charge in [0.25, 0.3) is 0 Å². The number of aliphatic hydroxyl groups excluding tert-OH is 1. The number of guanidine groups is 2. The van der Waals surface area contributed by atoms with Gasteiger partial charge in [0.2, 0.25) is 17.7 Å². The Morgan fingerprint density at radius 1 is 0.757 bits per heavy atom. The van der Waals surface area contributed by atoms with E-state index in [1.54, 1.807) is 0 Å². The molecule has 0 heterocycles. The van der Waals surface area contributed by atoms with Gasteiger partial charge < -0.3 is 54.8 Å². The predicted octanol–water partition coefficient (Wildman–Crippen LogP) is -4.00. The number of aliphatic hydroxyl groups is 1. The molecule has 0 aromatic rings. The molecular weight excluding hydrogens is 488 g/mol. The van der Waals surface area contributed by atoms with Gasteiger partial charge in [-0.15, -0.1) is 0 Å². The van der Waals surface area contributed by atoms with Crippen molar-refractivity contribution in [3.63, 3.8) is 0 Å². The number of aliphatic imine (C=N–C) groups is 2. The normalized spacial score (nSPS) is 14.0. The van der Waals surface area contributed by atoms with E-state index in [0.29, 0.717) is 6.42 Å². The first kappa shape index (κ1) is 33.3. The topological polar surface area (TPSA) is 300 Å². The minimum Gasteiger partial charge on any atom is -0.480 e. The fraction of sp³-hybridized carbons (Fsp3) is 0.714. The lowest BCUT2D eigenvalue weighted by molar-refractivity contribution is -0.142. The highest BCUT2D eigenvalue weighted by atomic mass is 16.4. The number of carboxylic acids is 1. The molecular formula is C21H42N10O6. The average molecular weight is 531 g/mol. The van der Waals surface area contributed by atoms with Crippen molar-refractivity contribution >= 4 is 35.6 Å². The minimum absolute atomic E-state index is 0.0168. The Bertz CT molecular complexity index is 812. The van der Waals surface area contributed by atoms with Crippen molar-refractivity contribution in [2.75, 3.05) is 19.7 Å². The maximum Gasteiger partial charge on any atom is 0.326 e. The number of rotatable bonds is 18. The van der Waals surface area contributed by atoms with E-state index in [1.807, 2.05) is 13.8 Å². The molecule has 0 aliphatic rings. The summed E-state index contributed by atoms with van der Waals surface area (Å²) in [6.07, 6.45) is 0.919. The first-order chi connectivity index (χ1) is 17.3. The van der Waals surface area contributed by atoms with Gasteiger partial charge in [-0.1, -0.05) is 13.8 Å². The van der Waals surface area contributed by atoms with Crippen LogP contribution in [-0.4, -0.2) is 89.7 Å². The Morgan fingerprint density at radius 2 is 1.16 bits per heavy atom. The lowest BCUT2D eigenvalue weighted by Gasteiger charge is -2.25. The number of aliphatic carboxylic acids is 1. The predicted molar refractivity (Wildman–Crippen MR) is 138 cm³/mol. The largest absolute Gasteiger partial charge is 0.480 e. The van der Waals surface area contributed by atoms with Gasteiger partial charge in [-0.2, -0.15) is 0 Å². The van der Waals surface area contributed by atoms with Crippen LogP contribution in [0.2, 0.25) is 0 Å². The Labute approximate surface area is 215 Å². The Balaban J connectivity index is 5.68. The van der Waals surface area contributed by atoms with Gasteiger partial charge >= 0.3 is 5.97 Å². The number of hydrogen-bond donors (Lipinski definition) is 10. The number of nitrogens with one attached hydrogen (secondary N) is 3. The lowest BCUT2D eigenvalue weighted by atomic mass is 10.0. The summed E-state index contributed by atoms with van der Waals surface area (Å²) in [6.45, 7) is 3.31. The number of nitrogens with zero attached hydrogens (tertiary/aromatic N) is 2. The molecule has 4 unspecified atom stereocenters. The summed E-state index contributed by atoms with van der Waals surface area (Å²) in [5, 5.41) is 26.1. The maximum absolute atomic E-state index is 13.1. The molecule has 212 valence electrons. The van der Waals surface area contributed by atoms with Crippen LogP contribution in [0.5, 0.6) is 0 Å². The molecule has 0 aromatic carbocycles. The molecule has 0 rings (SSSR count). The minimum atomic E-state index is -1.26. The summed E-state index contributed by atoms with van der Waals surface area (Å²) in [5.74, 6) is -3.73. The number of hydrogen-bond acceptors (Lipinski definition) is 8. The van der Waals surface area contributed by atoms with Gasteiger partial charge in [0.15, 0.2) is 11.9 Å². The van der Waals surface area contributed by atoms with Crippen LogP contribution in [0.15, 0.2) is 9.98 Å². The highest BCUT2D eigenvalue weighted by Gasteiger charge is 2.30. The van der Waals surface area contributed by atoms with E-state index in [9.17, 15) is 24.3 Å². The second kappa shape index (κ2) is 17.7. The molecule has 3 amide bonds. The van der Waals surface area contributed by atoms with Crippen molar-refractivity contribution in [3.8, 4) is 0 Å². The van der Waals surface area contributed by atoms with Crippen molar-refractivity contribution < 1.29 is 29.4 Å². The second-order valence-electron chi connectivity index (χ2n) is 8.84. The van der Waals surface area contributed by atoms with Crippen molar-refractivity contribution in [1.29, 1.82) is 0 Å². The van der Waals surface area contributed by atoms with Gasteiger partial charge in [0.1, 0.15) is 24.2 Å². The third-order valence-electron chi connectivity index (χ3n) is 5.01. The molecule has 0 saturated carbocycles. The number of carbonyl (C=O) groups excluding carboxylic acids is 3. The Kier molecular flexibility index (Phi) is 16.0. The van der Waals surface area contributed by atoms with Crippen LogP contribution in [0.1, 0.15) is 46.0 Å². The summed E-state index contributed by atoms with van der Waals surface area (Å²) in [6, 6.07) is -4.72. The van der Waals surface area contributed by atoms with Crippen molar-refractivity contribution in [2.45, 2.75) is 70.1 Å². The third kappa shape index (κ3) is 15.1. The molecule has 0 aromatic heterocycles. The SMILES string of the molecule is CC(C)CC(NC(=O)C(CCCN=C(N)N)NC(=O)C(CCCN=C(N)N)NC(=O)C(N)CO)C(=O)O. The molecule has 15 N–H and O–H groups in total. The summed E-state index contributed by atoms with van der Waals surface area (Å²) >= 11 is 0. The van der Waals surface area contributed by atoms with Gasteiger partial charge in [0, 0.05) is 13.1 Å². The van der Waals surface area contributed by atoms with Gasteiger partial charge in [-0.05, 0) is 38.0 Å². The van der Waals surface area contributed by atoms with Crippen LogP contribution in [-0.2, 0) is 19.2 Å². The van der Waals surface area contributed by atoms with E-state index in [0.717, 1.165) is 0 Å². The van der Waals surface area contributed by atoms with E-state index >= 15 is 0 Å². The summed E-state index contributed by atoms with van der Waals surface area (Å²) in [7, 11) is 0. The second-order valence-corrected chi connectivity index (χ2v) is 8.84. The van der Waals surface area contributed by atoms with Crippen LogP contribution < -0.4 is 44.6 Å². The summed E-state index contributed by atoms with van der Waals surface area (Å²) < 4.78 is 0. The Morgan fingerprint density at radius 3 is 1.51 bits per heavy atom. The van der Waals surface area contributed by atoms with Gasteiger partial charge in [0.05, 0.1) is 6.61 Å². The molecule has 0 aliphatic heterocycles. The van der Waals surface area contributed by atoms with Crippen molar-refractivity contribution in [3.05, 3.63) is 0 Å². The van der Waals surface area contributed by atoms with Crippen molar-refractivity contribution in [2.24, 2.45) is 44.6 Å². The van der Waals surface area contributed by atoms with E-state index < -0.39 is 54.5 Å². The zero-order chi connectivity index (χ0) is 28.5. The fourth-order valence-electron chi connectivity index (χ4n) is 3.14. The summed E-state index contributed by atoms with van der Waals surface area (Å²) in [5.41, 5.74) is 26.8. The molecule has 0 spiro atoms. The zero-order valence-corrected chi connectivity index (χ0v) is 21.4. The number of amides is 3. The van der Waals surface area contributed by atoms with Gasteiger partial charge in [-0.3, -0.25) is 24.4 Å². The first-order valence-electron chi connectivity index (χ1n) is 11.9. The molecule has 0 aliphatic carbocycles. The molecule has 37 heavy (non-hydrogen) atoms. The molecule has 16 nitrogen and oxygen atoms in total. The maximum atomic E-state index is 13.1. The molecule has 0 radical (unpaired) electrons. The lowest BCUT2D eigenvalue weighted by Crippen LogP contribution is -2.57. The van der Waals surface area contributed by atoms with E-state index in [1.165, 1.54) is 0 Å². The number of carbonyl (C=O) groups is 4. The quantitative estimate of drug-likeness (QED) is 0.0462. The standard InChI is InChI=1S/C21H42N10O6/c1-11(2)9-15(19(36)37)31-18(35)14(6-4-8-28-21(25)26)30-17(34)13(5-3-7-27-20(23)24)29-16(33)12(22)10-32/h11-15,32H,3-10,22H2,1-2H3,(H,29,33)(H,30,34)(H,31,35)(H,36,37)(H4,23,24,27)(H4,25,26,28). The van der Waals surface area contributed by atoms with Crippen LogP contribution >= 0.6 is 0 Å². The number of carboxylic acid groups (broad SMARTS) is 1. The molecule has 0 bridgehead atoms. The van der Waals surface area contributed by atoms with Crippen LogP contribution in [0, 0.1) is 5.92 Å². The van der Waals surface area contributed by atoms with Gasteiger partial charge in [-0.25, -0.2) is 4.79 Å². The van der Waals surface area contributed by atoms with Crippen LogP contribution in [0.3, 0.4) is 0 Å². The van der Waals surface area contributed by atoms with E-state index in [4.69, 9.17) is 33.8 Å².